The molecular weight excluding hydrogens is 334 g/mol. The largest absolute Gasteiger partial charge is 0.364 e. The Morgan fingerprint density at radius 1 is 1.46 bits per heavy atom. The van der Waals surface area contributed by atoms with Gasteiger partial charge in [-0.1, -0.05) is 38.1 Å². The smallest absolute Gasteiger partial charge is 0.230 e. The van der Waals surface area contributed by atoms with Crippen LogP contribution in [-0.2, 0) is 20.9 Å². The maximum absolute atomic E-state index is 13.1. The molecule has 4 atom stereocenters. The first kappa shape index (κ1) is 17.3. The van der Waals surface area contributed by atoms with Crippen LogP contribution in [0.2, 0.25) is 0 Å². The van der Waals surface area contributed by atoms with E-state index in [4.69, 9.17) is 9.26 Å². The van der Waals surface area contributed by atoms with Crippen LogP contribution in [0.3, 0.4) is 0 Å². The van der Waals surface area contributed by atoms with E-state index in [-0.39, 0.29) is 23.3 Å². The van der Waals surface area contributed by atoms with Crippen molar-refractivity contribution in [3.63, 3.8) is 0 Å². The Labute approximate surface area is 152 Å². The highest BCUT2D eigenvalue weighted by Gasteiger charge is 2.67. The molecule has 0 radical (unpaired) electrons. The summed E-state index contributed by atoms with van der Waals surface area (Å²) < 4.78 is 11.0. The molecule has 0 aliphatic carbocycles. The van der Waals surface area contributed by atoms with Crippen LogP contribution in [0.1, 0.15) is 26.5 Å². The number of nitrogens with zero attached hydrogens (tertiary/aromatic N) is 3. The predicted octanol–water partition coefficient (Wildman–Crippen LogP) is 1.46. The summed E-state index contributed by atoms with van der Waals surface area (Å²) >= 11 is 0. The van der Waals surface area contributed by atoms with Crippen molar-refractivity contribution in [1.82, 2.24) is 15.0 Å². The fourth-order valence-electron chi connectivity index (χ4n) is 4.46. The number of ether oxygens (including phenoxy) is 1. The number of likely N-dealkylation sites (tertiary alicyclic amines) is 1. The van der Waals surface area contributed by atoms with Gasteiger partial charge < -0.3 is 19.1 Å². The van der Waals surface area contributed by atoms with E-state index in [1.807, 2.05) is 17.1 Å². The number of aromatic nitrogens is 1. The summed E-state index contributed by atoms with van der Waals surface area (Å²) in [6.07, 6.45) is 5.09. The van der Waals surface area contributed by atoms with Crippen molar-refractivity contribution in [2.75, 3.05) is 20.1 Å². The van der Waals surface area contributed by atoms with Gasteiger partial charge in [0, 0.05) is 19.7 Å². The highest BCUT2D eigenvalue weighted by Crippen LogP contribution is 2.52. The van der Waals surface area contributed by atoms with E-state index in [1.165, 1.54) is 6.26 Å². The zero-order valence-corrected chi connectivity index (χ0v) is 15.6. The minimum atomic E-state index is -0.651. The molecule has 1 aromatic rings. The van der Waals surface area contributed by atoms with Gasteiger partial charge in [0.05, 0.1) is 31.0 Å². The molecule has 3 aliphatic rings. The van der Waals surface area contributed by atoms with Gasteiger partial charge in [0.15, 0.2) is 0 Å². The lowest BCUT2D eigenvalue weighted by molar-refractivity contribution is -0.143. The second-order valence-electron chi connectivity index (χ2n) is 8.84. The zero-order chi connectivity index (χ0) is 18.7. The van der Waals surface area contributed by atoms with Crippen LogP contribution < -0.4 is 0 Å². The lowest BCUT2D eigenvalue weighted by atomic mass is 9.76. The van der Waals surface area contributed by atoms with E-state index in [1.54, 1.807) is 18.0 Å². The van der Waals surface area contributed by atoms with E-state index in [9.17, 15) is 9.59 Å². The highest BCUT2D eigenvalue weighted by atomic mass is 16.5. The van der Waals surface area contributed by atoms with Crippen LogP contribution in [0.25, 0.3) is 0 Å². The van der Waals surface area contributed by atoms with Gasteiger partial charge in [-0.3, -0.25) is 9.59 Å². The van der Waals surface area contributed by atoms with Crippen LogP contribution in [0.4, 0.5) is 0 Å². The van der Waals surface area contributed by atoms with Crippen LogP contribution in [0.5, 0.6) is 0 Å². The molecule has 0 N–H and O–H groups in total. The van der Waals surface area contributed by atoms with Gasteiger partial charge in [0.2, 0.25) is 11.8 Å². The Kier molecular flexibility index (Phi) is 3.77. The maximum Gasteiger partial charge on any atom is 0.230 e. The van der Waals surface area contributed by atoms with Gasteiger partial charge in [-0.2, -0.15) is 0 Å². The molecule has 2 amide bonds. The maximum atomic E-state index is 13.1. The molecule has 3 aliphatic heterocycles. The molecule has 1 aromatic heterocycles. The average molecular weight is 359 g/mol. The van der Waals surface area contributed by atoms with Crippen molar-refractivity contribution < 1.29 is 18.8 Å². The fraction of sp³-hybridized carbons (Fsp3) is 0.632. The van der Waals surface area contributed by atoms with E-state index in [0.29, 0.717) is 25.3 Å². The lowest BCUT2D eigenvalue weighted by Crippen LogP contribution is -2.45. The van der Waals surface area contributed by atoms with Gasteiger partial charge in [0.1, 0.15) is 17.6 Å². The van der Waals surface area contributed by atoms with E-state index >= 15 is 0 Å². The summed E-state index contributed by atoms with van der Waals surface area (Å²) in [5.41, 5.74) is 0.0279. The molecule has 0 saturated carbocycles. The third kappa shape index (κ3) is 2.65. The second kappa shape index (κ2) is 5.67. The number of hydrogen-bond acceptors (Lipinski definition) is 5. The fourth-order valence-corrected chi connectivity index (χ4v) is 4.46. The molecule has 4 rings (SSSR count). The summed E-state index contributed by atoms with van der Waals surface area (Å²) in [6.45, 7) is 7.85. The molecular formula is C19H25N3O4. The Morgan fingerprint density at radius 3 is 2.88 bits per heavy atom. The van der Waals surface area contributed by atoms with E-state index < -0.39 is 17.4 Å². The summed E-state index contributed by atoms with van der Waals surface area (Å²) in [5.74, 6) is -0.971. The van der Waals surface area contributed by atoms with E-state index in [2.05, 4.69) is 25.9 Å². The number of carbonyl (C=O) groups is 2. The molecule has 4 heterocycles. The molecule has 2 fully saturated rings. The third-order valence-corrected chi connectivity index (χ3v) is 5.40. The number of amides is 2. The standard InChI is InChI=1S/C19H25N3O4/c1-18(2,3)10-22-11-19-7-5-13(26-19)14(15(19)17(22)24)16(23)21(4)9-12-6-8-25-20-12/h5-8,13-15H,9-11H2,1-4H3/t13-,14+,15+,19-/m0/s1. The molecule has 26 heavy (non-hydrogen) atoms. The average Bonchev–Trinajstić information content (AvgIpc) is 3.29. The van der Waals surface area contributed by atoms with Gasteiger partial charge in [-0.05, 0) is 5.41 Å². The minimum Gasteiger partial charge on any atom is -0.364 e. The summed E-state index contributed by atoms with van der Waals surface area (Å²) in [4.78, 5) is 29.7. The molecule has 2 saturated heterocycles. The topological polar surface area (TPSA) is 75.9 Å². The first-order valence-electron chi connectivity index (χ1n) is 9.00. The molecule has 2 bridgehead atoms. The Hall–Kier alpha value is -2.15. The van der Waals surface area contributed by atoms with Gasteiger partial charge in [-0.25, -0.2) is 0 Å². The molecule has 140 valence electrons. The second-order valence-corrected chi connectivity index (χ2v) is 8.84. The van der Waals surface area contributed by atoms with Crippen molar-refractivity contribution >= 4 is 11.8 Å². The quantitative estimate of drug-likeness (QED) is 0.761. The van der Waals surface area contributed by atoms with Crippen LogP contribution in [-0.4, -0.2) is 58.6 Å². The Balaban J connectivity index is 1.56. The minimum absolute atomic E-state index is 0.00406. The van der Waals surface area contributed by atoms with Gasteiger partial charge >= 0.3 is 0 Å². The first-order chi connectivity index (χ1) is 12.2. The van der Waals surface area contributed by atoms with Crippen LogP contribution >= 0.6 is 0 Å². The molecule has 7 nitrogen and oxygen atoms in total. The van der Waals surface area contributed by atoms with Crippen molar-refractivity contribution in [3.05, 3.63) is 30.2 Å². The molecule has 7 heteroatoms. The summed E-state index contributed by atoms with van der Waals surface area (Å²) in [7, 11) is 1.73. The molecule has 1 spiro atoms. The Bertz CT molecular complexity index is 751. The summed E-state index contributed by atoms with van der Waals surface area (Å²) in [6, 6.07) is 1.73. The van der Waals surface area contributed by atoms with E-state index in [0.717, 1.165) is 0 Å². The first-order valence-corrected chi connectivity index (χ1v) is 9.00. The number of fused-ring (bicyclic) bond motifs is 1. The molecule has 0 unspecified atom stereocenters. The normalized spacial score (nSPS) is 32.4. The van der Waals surface area contributed by atoms with Crippen molar-refractivity contribution in [1.29, 1.82) is 0 Å². The van der Waals surface area contributed by atoms with Crippen molar-refractivity contribution in [2.45, 2.75) is 39.0 Å². The Morgan fingerprint density at radius 2 is 2.23 bits per heavy atom. The number of rotatable bonds is 4. The number of carbonyl (C=O) groups excluding carboxylic acids is 2. The molecule has 0 aromatic carbocycles. The van der Waals surface area contributed by atoms with Crippen LogP contribution in [0.15, 0.2) is 29.0 Å². The number of hydrogen-bond donors (Lipinski definition) is 0. The predicted molar refractivity (Wildman–Crippen MR) is 92.7 cm³/mol. The van der Waals surface area contributed by atoms with Gasteiger partial charge in [0.25, 0.3) is 0 Å². The van der Waals surface area contributed by atoms with Crippen molar-refractivity contribution in [2.24, 2.45) is 17.3 Å². The zero-order valence-electron chi connectivity index (χ0n) is 15.6. The van der Waals surface area contributed by atoms with Crippen LogP contribution in [0, 0.1) is 17.3 Å². The third-order valence-electron chi connectivity index (χ3n) is 5.40. The summed E-state index contributed by atoms with van der Waals surface area (Å²) in [5, 5.41) is 3.86. The highest BCUT2D eigenvalue weighted by molar-refractivity contribution is 5.93. The SMILES string of the molecule is CN(Cc1ccon1)C(=O)[C@@H]1[C@@H]2C=C[C@@]3(CN(CC(C)(C)C)C(=O)[C@@H]13)O2. The monoisotopic (exact) mass is 359 g/mol. The van der Waals surface area contributed by atoms with Gasteiger partial charge in [-0.15, -0.1) is 0 Å². The van der Waals surface area contributed by atoms with Crippen molar-refractivity contribution in [3.8, 4) is 0 Å². The lowest BCUT2D eigenvalue weighted by Gasteiger charge is -2.29.